The summed E-state index contributed by atoms with van der Waals surface area (Å²) in [5.74, 6) is 0. The molecule has 5 rings (SSSR count). The van der Waals surface area contributed by atoms with Crippen molar-refractivity contribution >= 4 is 33.3 Å². The van der Waals surface area contributed by atoms with Gasteiger partial charge in [-0.2, -0.15) is 0 Å². The van der Waals surface area contributed by atoms with Gasteiger partial charge >= 0.3 is 0 Å². The lowest BCUT2D eigenvalue weighted by molar-refractivity contribution is 1.08. The molecule has 1 aliphatic rings. The standard InChI is InChI=1S/C21H14S/c1-6-12-20-14(7-1)13-19-17-10-3-2-8-15(17)16-9-4-5-11-18(16)21(19)22-20/h1-12H,13H2. The van der Waals surface area contributed by atoms with Crippen molar-refractivity contribution in [1.82, 2.24) is 0 Å². The van der Waals surface area contributed by atoms with E-state index >= 15 is 0 Å². The molecule has 0 N–H and O–H groups in total. The molecule has 0 radical (unpaired) electrons. The molecule has 1 heteroatoms. The molecule has 0 aliphatic carbocycles. The Morgan fingerprint density at radius 2 is 1.18 bits per heavy atom. The van der Waals surface area contributed by atoms with Crippen LogP contribution in [0.4, 0.5) is 0 Å². The highest BCUT2D eigenvalue weighted by Crippen LogP contribution is 2.46. The Bertz CT molecular complexity index is 947. The number of hydrogen-bond donors (Lipinski definition) is 0. The van der Waals surface area contributed by atoms with Crippen LogP contribution in [0.25, 0.3) is 21.5 Å². The van der Waals surface area contributed by atoms with E-state index in [0.29, 0.717) is 0 Å². The van der Waals surface area contributed by atoms with Gasteiger partial charge in [0, 0.05) is 16.2 Å². The van der Waals surface area contributed by atoms with E-state index in [-0.39, 0.29) is 0 Å². The monoisotopic (exact) mass is 298 g/mol. The summed E-state index contributed by atoms with van der Waals surface area (Å²) in [5.41, 5.74) is 2.93. The molecule has 22 heavy (non-hydrogen) atoms. The Hall–Kier alpha value is -2.25. The van der Waals surface area contributed by atoms with Crippen LogP contribution in [0.5, 0.6) is 0 Å². The van der Waals surface area contributed by atoms with E-state index < -0.39 is 0 Å². The van der Waals surface area contributed by atoms with E-state index in [2.05, 4.69) is 72.8 Å². The minimum atomic E-state index is 1.03. The van der Waals surface area contributed by atoms with Gasteiger partial charge < -0.3 is 0 Å². The molecule has 0 nitrogen and oxygen atoms in total. The maximum absolute atomic E-state index is 2.27. The fraction of sp³-hybridized carbons (Fsp3) is 0.0476. The molecule has 0 fully saturated rings. The van der Waals surface area contributed by atoms with Gasteiger partial charge in [0.1, 0.15) is 0 Å². The smallest absolute Gasteiger partial charge is 0.0242 e. The van der Waals surface area contributed by atoms with E-state index in [4.69, 9.17) is 0 Å². The molecule has 4 aromatic rings. The summed E-state index contributed by atoms with van der Waals surface area (Å²) >= 11 is 1.93. The molecular formula is C21H14S. The molecule has 0 atom stereocenters. The second kappa shape index (κ2) is 4.62. The van der Waals surface area contributed by atoms with Crippen LogP contribution in [-0.4, -0.2) is 0 Å². The maximum atomic E-state index is 2.27. The van der Waals surface area contributed by atoms with Gasteiger partial charge in [0.05, 0.1) is 0 Å². The van der Waals surface area contributed by atoms with Gasteiger partial charge in [-0.3, -0.25) is 0 Å². The summed E-state index contributed by atoms with van der Waals surface area (Å²) in [6.07, 6.45) is 1.03. The van der Waals surface area contributed by atoms with Crippen LogP contribution in [0, 0.1) is 0 Å². The first kappa shape index (κ1) is 12.3. The van der Waals surface area contributed by atoms with E-state index in [0.717, 1.165) is 6.42 Å². The van der Waals surface area contributed by atoms with Crippen LogP contribution >= 0.6 is 11.8 Å². The highest BCUT2D eigenvalue weighted by molar-refractivity contribution is 7.99. The third-order valence-corrected chi connectivity index (χ3v) is 5.83. The van der Waals surface area contributed by atoms with Crippen molar-refractivity contribution < 1.29 is 0 Å². The SMILES string of the molecule is c1ccc2c(c1)Cc1c(c3ccccc3c3ccccc13)S2. The number of benzene rings is 4. The highest BCUT2D eigenvalue weighted by atomic mass is 32.2. The van der Waals surface area contributed by atoms with Gasteiger partial charge in [0.15, 0.2) is 0 Å². The second-order valence-corrected chi connectivity index (χ2v) is 6.84. The van der Waals surface area contributed by atoms with Crippen molar-refractivity contribution in [1.29, 1.82) is 0 Å². The average molecular weight is 298 g/mol. The topological polar surface area (TPSA) is 0 Å². The first-order valence-electron chi connectivity index (χ1n) is 7.60. The molecule has 0 spiro atoms. The molecule has 1 heterocycles. The van der Waals surface area contributed by atoms with Gasteiger partial charge in [0.2, 0.25) is 0 Å². The predicted molar refractivity (Wildman–Crippen MR) is 94.8 cm³/mol. The molecule has 0 saturated heterocycles. The second-order valence-electron chi connectivity index (χ2n) is 5.79. The zero-order valence-corrected chi connectivity index (χ0v) is 12.9. The number of fused-ring (bicyclic) bond motifs is 7. The van der Waals surface area contributed by atoms with Crippen molar-refractivity contribution in [2.45, 2.75) is 16.2 Å². The average Bonchev–Trinajstić information content (AvgIpc) is 2.61. The first-order valence-corrected chi connectivity index (χ1v) is 8.41. The van der Waals surface area contributed by atoms with Crippen LogP contribution in [0.15, 0.2) is 82.6 Å². The van der Waals surface area contributed by atoms with Crippen LogP contribution < -0.4 is 0 Å². The molecule has 0 unspecified atom stereocenters. The Labute approximate surface area is 133 Å². The van der Waals surface area contributed by atoms with Gasteiger partial charge in [0.25, 0.3) is 0 Å². The molecule has 0 amide bonds. The third-order valence-electron chi connectivity index (χ3n) is 4.54. The minimum absolute atomic E-state index is 1.03. The van der Waals surface area contributed by atoms with Crippen LogP contribution in [0.2, 0.25) is 0 Å². The lowest BCUT2D eigenvalue weighted by Gasteiger charge is -2.23. The summed E-state index contributed by atoms with van der Waals surface area (Å²) in [7, 11) is 0. The first-order chi connectivity index (χ1) is 10.9. The lowest BCUT2D eigenvalue weighted by Crippen LogP contribution is -2.01. The molecular weight excluding hydrogens is 284 g/mol. The van der Waals surface area contributed by atoms with E-state index in [1.165, 1.54) is 42.5 Å². The Kier molecular flexibility index (Phi) is 2.59. The van der Waals surface area contributed by atoms with Gasteiger partial charge in [-0.05, 0) is 38.7 Å². The number of rotatable bonds is 0. The van der Waals surface area contributed by atoms with Gasteiger partial charge in [-0.1, -0.05) is 78.5 Å². The summed E-state index contributed by atoms with van der Waals surface area (Å²) in [4.78, 5) is 2.84. The molecule has 0 aromatic heterocycles. The molecule has 4 aromatic carbocycles. The molecule has 104 valence electrons. The zero-order chi connectivity index (χ0) is 14.5. The lowest BCUT2D eigenvalue weighted by atomic mass is 9.93. The van der Waals surface area contributed by atoms with E-state index in [1.807, 2.05) is 11.8 Å². The summed E-state index contributed by atoms with van der Waals surface area (Å²) in [6, 6.07) is 26.4. The highest BCUT2D eigenvalue weighted by Gasteiger charge is 2.21. The van der Waals surface area contributed by atoms with Gasteiger partial charge in [-0.15, -0.1) is 0 Å². The van der Waals surface area contributed by atoms with E-state index in [1.54, 1.807) is 0 Å². The number of hydrogen-bond acceptors (Lipinski definition) is 1. The van der Waals surface area contributed by atoms with Crippen LogP contribution in [0.1, 0.15) is 11.1 Å². The fourth-order valence-electron chi connectivity index (χ4n) is 3.52. The van der Waals surface area contributed by atoms with Crippen LogP contribution in [-0.2, 0) is 6.42 Å². The maximum Gasteiger partial charge on any atom is 0.0242 e. The van der Waals surface area contributed by atoms with Crippen molar-refractivity contribution in [3.8, 4) is 0 Å². The minimum Gasteiger partial charge on any atom is -0.0888 e. The Morgan fingerprint density at radius 3 is 2.00 bits per heavy atom. The fourth-order valence-corrected chi connectivity index (χ4v) is 4.76. The summed E-state index contributed by atoms with van der Waals surface area (Å²) < 4.78 is 0. The van der Waals surface area contributed by atoms with Crippen molar-refractivity contribution in [2.75, 3.05) is 0 Å². The van der Waals surface area contributed by atoms with Gasteiger partial charge in [-0.25, -0.2) is 0 Å². The molecule has 1 aliphatic heterocycles. The Balaban J connectivity index is 1.94. The third kappa shape index (κ3) is 1.66. The largest absolute Gasteiger partial charge is 0.0888 e. The summed E-state index contributed by atoms with van der Waals surface area (Å²) in [5, 5.41) is 5.52. The van der Waals surface area contributed by atoms with E-state index in [9.17, 15) is 0 Å². The Morgan fingerprint density at radius 1 is 0.591 bits per heavy atom. The van der Waals surface area contributed by atoms with Crippen molar-refractivity contribution in [2.24, 2.45) is 0 Å². The molecule has 0 bridgehead atoms. The zero-order valence-electron chi connectivity index (χ0n) is 12.0. The normalized spacial score (nSPS) is 13.1. The summed E-state index contributed by atoms with van der Waals surface area (Å²) in [6.45, 7) is 0. The van der Waals surface area contributed by atoms with Crippen molar-refractivity contribution in [3.05, 3.63) is 83.9 Å². The van der Waals surface area contributed by atoms with Crippen molar-refractivity contribution in [3.63, 3.8) is 0 Å². The molecule has 0 saturated carbocycles. The quantitative estimate of drug-likeness (QED) is 0.314. The van der Waals surface area contributed by atoms with Crippen LogP contribution in [0.3, 0.4) is 0 Å². The predicted octanol–water partition coefficient (Wildman–Crippen LogP) is 6.05.